The first-order chi connectivity index (χ1) is 15.9. The number of hydrogen-bond donors (Lipinski definition) is 3. The zero-order valence-corrected chi connectivity index (χ0v) is 19.2. The van der Waals surface area contributed by atoms with Crippen molar-refractivity contribution in [2.75, 3.05) is 13.2 Å². The van der Waals surface area contributed by atoms with E-state index in [0.717, 1.165) is 28.7 Å². The number of carbonyl (C=O) groups is 3. The first kappa shape index (κ1) is 24.3. The van der Waals surface area contributed by atoms with Crippen LogP contribution in [-0.2, 0) is 14.3 Å². The van der Waals surface area contributed by atoms with Crippen LogP contribution >= 0.6 is 0 Å². The topological polar surface area (TPSA) is 105 Å². The van der Waals surface area contributed by atoms with E-state index in [1.807, 2.05) is 38.1 Å². The van der Waals surface area contributed by atoms with Crippen molar-refractivity contribution in [2.24, 2.45) is 5.92 Å². The average molecular weight is 453 g/mol. The molecule has 3 N–H and O–H groups in total. The second-order valence-corrected chi connectivity index (χ2v) is 8.69. The molecule has 1 atom stereocenters. The van der Waals surface area contributed by atoms with Gasteiger partial charge in [0.2, 0.25) is 5.91 Å². The van der Waals surface area contributed by atoms with Gasteiger partial charge in [0, 0.05) is 18.9 Å². The fourth-order valence-electron chi connectivity index (χ4n) is 4.20. The molecular weight excluding hydrogens is 420 g/mol. The summed E-state index contributed by atoms with van der Waals surface area (Å²) in [4.78, 5) is 35.7. The third-order valence-electron chi connectivity index (χ3n) is 5.93. The van der Waals surface area contributed by atoms with Crippen LogP contribution in [0.5, 0.6) is 0 Å². The van der Waals surface area contributed by atoms with Gasteiger partial charge in [0.05, 0.1) is 0 Å². The monoisotopic (exact) mass is 452 g/mol. The summed E-state index contributed by atoms with van der Waals surface area (Å²) in [6, 6.07) is 15.5. The summed E-state index contributed by atoms with van der Waals surface area (Å²) < 4.78 is 5.56. The van der Waals surface area contributed by atoms with Gasteiger partial charge in [0.25, 0.3) is 0 Å². The number of benzene rings is 2. The molecule has 0 aromatic heterocycles. The molecule has 0 unspecified atom stereocenters. The maximum Gasteiger partial charge on any atom is 0.407 e. The number of aliphatic carboxylic acids is 1. The molecule has 0 aliphatic heterocycles. The van der Waals surface area contributed by atoms with E-state index >= 15 is 0 Å². The van der Waals surface area contributed by atoms with E-state index in [-0.39, 0.29) is 30.8 Å². The Morgan fingerprint density at radius 3 is 2.12 bits per heavy atom. The molecular formula is C26H32N2O5. The van der Waals surface area contributed by atoms with E-state index in [2.05, 4.69) is 34.9 Å². The molecule has 7 nitrogen and oxygen atoms in total. The van der Waals surface area contributed by atoms with Gasteiger partial charge >= 0.3 is 12.1 Å². The predicted molar refractivity (Wildman–Crippen MR) is 126 cm³/mol. The van der Waals surface area contributed by atoms with Gasteiger partial charge < -0.3 is 20.5 Å². The first-order valence-electron chi connectivity index (χ1n) is 11.5. The number of carboxylic acids is 1. The van der Waals surface area contributed by atoms with Crippen LogP contribution in [-0.4, -0.2) is 42.3 Å². The van der Waals surface area contributed by atoms with Gasteiger partial charge in [0.1, 0.15) is 12.6 Å². The van der Waals surface area contributed by atoms with E-state index in [0.29, 0.717) is 19.4 Å². The lowest BCUT2D eigenvalue weighted by Crippen LogP contribution is -2.50. The Hall–Kier alpha value is -3.35. The second-order valence-electron chi connectivity index (χ2n) is 8.69. The van der Waals surface area contributed by atoms with Crippen LogP contribution in [0.2, 0.25) is 0 Å². The van der Waals surface area contributed by atoms with Gasteiger partial charge in [-0.2, -0.15) is 0 Å². The lowest BCUT2D eigenvalue weighted by molar-refractivity contribution is -0.137. The summed E-state index contributed by atoms with van der Waals surface area (Å²) >= 11 is 0. The molecule has 33 heavy (non-hydrogen) atoms. The van der Waals surface area contributed by atoms with Crippen molar-refractivity contribution in [2.45, 2.75) is 51.5 Å². The molecule has 0 heterocycles. The lowest BCUT2D eigenvalue weighted by atomic mass is 9.98. The average Bonchev–Trinajstić information content (AvgIpc) is 3.11. The minimum absolute atomic E-state index is 0.0414. The minimum Gasteiger partial charge on any atom is -0.481 e. The molecule has 0 saturated heterocycles. The molecule has 0 spiro atoms. The Bertz CT molecular complexity index is 943. The van der Waals surface area contributed by atoms with Crippen molar-refractivity contribution in [1.82, 2.24) is 10.6 Å². The largest absolute Gasteiger partial charge is 0.481 e. The number of unbranched alkanes of at least 4 members (excludes halogenated alkanes) is 2. The molecule has 0 radical (unpaired) electrons. The van der Waals surface area contributed by atoms with Crippen LogP contribution in [0.15, 0.2) is 48.5 Å². The van der Waals surface area contributed by atoms with Crippen molar-refractivity contribution in [3.8, 4) is 11.1 Å². The van der Waals surface area contributed by atoms with Crippen molar-refractivity contribution in [3.63, 3.8) is 0 Å². The summed E-state index contributed by atoms with van der Waals surface area (Å²) in [7, 11) is 0. The fourth-order valence-corrected chi connectivity index (χ4v) is 4.20. The molecule has 0 bridgehead atoms. The number of hydrogen-bond acceptors (Lipinski definition) is 4. The Morgan fingerprint density at radius 1 is 0.939 bits per heavy atom. The van der Waals surface area contributed by atoms with E-state index < -0.39 is 18.1 Å². The Balaban J connectivity index is 1.51. The summed E-state index contributed by atoms with van der Waals surface area (Å²) in [5.41, 5.74) is 4.58. The third kappa shape index (κ3) is 6.34. The smallest absolute Gasteiger partial charge is 0.407 e. The Labute approximate surface area is 194 Å². The quantitative estimate of drug-likeness (QED) is 0.441. The van der Waals surface area contributed by atoms with E-state index in [1.54, 1.807) is 0 Å². The number of rotatable bonds is 11. The summed E-state index contributed by atoms with van der Waals surface area (Å²) in [5.74, 6) is -1.24. The number of carbonyl (C=O) groups excluding carboxylic acids is 2. The number of ether oxygens (including phenoxy) is 1. The standard InChI is InChI=1S/C26H32N2O5/c1-17(2)24(25(31)27-15-9-3-4-14-23(29)30)28-26(32)33-16-22-20-12-7-5-10-18(20)19-11-6-8-13-21(19)22/h5-8,10-13,17,22,24H,3-4,9,14-16H2,1-2H3,(H,27,31)(H,28,32)(H,29,30)/t24-/m1/s1. The van der Waals surface area contributed by atoms with Gasteiger partial charge in [-0.05, 0) is 41.0 Å². The highest BCUT2D eigenvalue weighted by atomic mass is 16.5. The fraction of sp³-hybridized carbons (Fsp3) is 0.423. The molecule has 1 aliphatic rings. The second kappa shape index (κ2) is 11.5. The van der Waals surface area contributed by atoms with Gasteiger partial charge in [-0.25, -0.2) is 4.79 Å². The molecule has 1 aliphatic carbocycles. The lowest BCUT2D eigenvalue weighted by Gasteiger charge is -2.22. The zero-order valence-electron chi connectivity index (χ0n) is 19.2. The van der Waals surface area contributed by atoms with Crippen molar-refractivity contribution >= 4 is 18.0 Å². The van der Waals surface area contributed by atoms with Crippen molar-refractivity contribution in [3.05, 3.63) is 59.7 Å². The third-order valence-corrected chi connectivity index (χ3v) is 5.93. The number of fused-ring (bicyclic) bond motifs is 3. The SMILES string of the molecule is CC(C)[C@@H](NC(=O)OCC1c2ccccc2-c2ccccc21)C(=O)NCCCCCC(=O)O. The normalized spacial score (nSPS) is 13.2. The van der Waals surface area contributed by atoms with Gasteiger partial charge in [-0.1, -0.05) is 68.8 Å². The number of amides is 2. The van der Waals surface area contributed by atoms with Crippen LogP contribution in [0.4, 0.5) is 4.79 Å². The maximum atomic E-state index is 12.6. The first-order valence-corrected chi connectivity index (χ1v) is 11.5. The van der Waals surface area contributed by atoms with Crippen LogP contribution in [0.3, 0.4) is 0 Å². The molecule has 7 heteroatoms. The van der Waals surface area contributed by atoms with E-state index in [4.69, 9.17) is 9.84 Å². The Kier molecular flexibility index (Phi) is 8.46. The highest BCUT2D eigenvalue weighted by Gasteiger charge is 2.30. The van der Waals surface area contributed by atoms with Gasteiger partial charge in [0.15, 0.2) is 0 Å². The molecule has 3 rings (SSSR count). The molecule has 2 aromatic rings. The van der Waals surface area contributed by atoms with E-state index in [9.17, 15) is 14.4 Å². The van der Waals surface area contributed by atoms with Crippen LogP contribution in [0.1, 0.15) is 56.6 Å². The summed E-state index contributed by atoms with van der Waals surface area (Å²) in [6.07, 6.45) is 1.50. The van der Waals surface area contributed by atoms with Crippen molar-refractivity contribution in [1.29, 1.82) is 0 Å². The van der Waals surface area contributed by atoms with Crippen molar-refractivity contribution < 1.29 is 24.2 Å². The zero-order chi connectivity index (χ0) is 23.8. The summed E-state index contributed by atoms with van der Waals surface area (Å²) in [5, 5.41) is 14.2. The Morgan fingerprint density at radius 2 is 1.55 bits per heavy atom. The molecule has 0 saturated carbocycles. The molecule has 176 valence electrons. The number of carboxylic acid groups (broad SMARTS) is 1. The van der Waals surface area contributed by atoms with Gasteiger partial charge in [-0.15, -0.1) is 0 Å². The number of alkyl carbamates (subject to hydrolysis) is 1. The highest BCUT2D eigenvalue weighted by Crippen LogP contribution is 2.44. The summed E-state index contributed by atoms with van der Waals surface area (Å²) in [6.45, 7) is 4.35. The minimum atomic E-state index is -0.814. The van der Waals surface area contributed by atoms with Gasteiger partial charge in [-0.3, -0.25) is 9.59 Å². The van der Waals surface area contributed by atoms with Crippen LogP contribution in [0.25, 0.3) is 11.1 Å². The highest BCUT2D eigenvalue weighted by molar-refractivity contribution is 5.86. The van der Waals surface area contributed by atoms with Crippen LogP contribution < -0.4 is 10.6 Å². The maximum absolute atomic E-state index is 12.6. The molecule has 2 aromatic carbocycles. The number of nitrogens with one attached hydrogen (secondary N) is 2. The van der Waals surface area contributed by atoms with Crippen LogP contribution in [0, 0.1) is 5.92 Å². The molecule has 0 fully saturated rings. The van der Waals surface area contributed by atoms with E-state index in [1.165, 1.54) is 0 Å². The molecule has 2 amide bonds. The predicted octanol–water partition coefficient (Wildman–Crippen LogP) is 4.31.